The summed E-state index contributed by atoms with van der Waals surface area (Å²) < 4.78 is 41.7. The summed E-state index contributed by atoms with van der Waals surface area (Å²) >= 11 is 1.72. The lowest BCUT2D eigenvalue weighted by Crippen LogP contribution is -2.40. The van der Waals surface area contributed by atoms with Gasteiger partial charge in [-0.1, -0.05) is 31.0 Å². The first kappa shape index (κ1) is 18.8. The number of amides is 2. The lowest BCUT2D eigenvalue weighted by atomic mass is 9.84. The number of thiophene rings is 1. The summed E-state index contributed by atoms with van der Waals surface area (Å²) in [5.41, 5.74) is -0.831. The number of hydrogen-bond donors (Lipinski definition) is 2. The number of hydrogen-bond acceptors (Lipinski definition) is 2. The van der Waals surface area contributed by atoms with Gasteiger partial charge in [0.1, 0.15) is 11.5 Å². The van der Waals surface area contributed by atoms with Gasteiger partial charge in [0.15, 0.2) is 11.6 Å². The Morgan fingerprint density at radius 2 is 1.71 bits per heavy atom. The lowest BCUT2D eigenvalue weighted by Gasteiger charge is -2.28. The predicted octanol–water partition coefficient (Wildman–Crippen LogP) is 5.95. The molecule has 2 aromatic carbocycles. The Hall–Kier alpha value is -2.54. The number of anilines is 1. The molecule has 2 N–H and O–H groups in total. The van der Waals surface area contributed by atoms with Crippen molar-refractivity contribution in [2.24, 2.45) is 0 Å². The summed E-state index contributed by atoms with van der Waals surface area (Å²) in [7, 11) is 0. The van der Waals surface area contributed by atoms with Gasteiger partial charge in [-0.2, -0.15) is 0 Å². The number of benzene rings is 2. The maximum absolute atomic E-state index is 13.8. The van der Waals surface area contributed by atoms with E-state index in [1.54, 1.807) is 11.3 Å². The fourth-order valence-electron chi connectivity index (χ4n) is 3.87. The zero-order valence-electron chi connectivity index (χ0n) is 15.0. The van der Waals surface area contributed by atoms with Crippen LogP contribution in [-0.4, -0.2) is 12.6 Å². The van der Waals surface area contributed by atoms with Crippen LogP contribution < -0.4 is 10.6 Å². The molecule has 0 atom stereocenters. The van der Waals surface area contributed by atoms with E-state index >= 15 is 0 Å². The molecule has 2 amide bonds. The molecule has 0 aliphatic heterocycles. The number of rotatable bonds is 4. The van der Waals surface area contributed by atoms with Gasteiger partial charge in [0.25, 0.3) is 0 Å². The van der Waals surface area contributed by atoms with Gasteiger partial charge in [0.05, 0.1) is 0 Å². The third-order valence-corrected chi connectivity index (χ3v) is 6.70. The Bertz CT molecular complexity index is 971. The van der Waals surface area contributed by atoms with Crippen molar-refractivity contribution in [1.82, 2.24) is 5.32 Å². The number of nitrogens with one attached hydrogen (secondary N) is 2. The minimum absolute atomic E-state index is 0.180. The van der Waals surface area contributed by atoms with Crippen LogP contribution in [0.4, 0.5) is 23.7 Å². The average molecular weight is 404 g/mol. The Morgan fingerprint density at radius 3 is 2.39 bits per heavy atom. The lowest BCUT2D eigenvalue weighted by molar-refractivity contribution is 0.248. The molecule has 1 saturated carbocycles. The van der Waals surface area contributed by atoms with E-state index in [2.05, 4.69) is 28.8 Å². The molecule has 28 heavy (non-hydrogen) atoms. The fraction of sp³-hybridized carbons (Fsp3) is 0.286. The van der Waals surface area contributed by atoms with E-state index in [0.717, 1.165) is 25.7 Å². The maximum Gasteiger partial charge on any atom is 0.319 e. The minimum Gasteiger partial charge on any atom is -0.337 e. The topological polar surface area (TPSA) is 41.1 Å². The van der Waals surface area contributed by atoms with Gasteiger partial charge < -0.3 is 10.6 Å². The highest BCUT2D eigenvalue weighted by atomic mass is 32.1. The van der Waals surface area contributed by atoms with Crippen LogP contribution >= 0.6 is 11.3 Å². The highest BCUT2D eigenvalue weighted by molar-refractivity contribution is 7.19. The summed E-state index contributed by atoms with van der Waals surface area (Å²) in [4.78, 5) is 13.5. The van der Waals surface area contributed by atoms with E-state index in [-0.39, 0.29) is 5.41 Å². The standard InChI is InChI=1S/C21H19F3N2OS/c22-14-10-15(23)19(16(24)11-14)26-20(27)25-12-21(7-3-4-8-21)18-9-13-5-1-2-6-17(13)28-18/h1-2,5-6,9-11H,3-4,7-8,12H2,(H2,25,26,27). The summed E-state index contributed by atoms with van der Waals surface area (Å²) in [5, 5.41) is 6.09. The Balaban J connectivity index is 1.51. The summed E-state index contributed by atoms with van der Waals surface area (Å²) in [6.07, 6.45) is 4.02. The number of carbonyl (C=O) groups is 1. The third kappa shape index (κ3) is 3.58. The Kier molecular flexibility index (Phi) is 5.02. The van der Waals surface area contributed by atoms with Crippen LogP contribution in [0.3, 0.4) is 0 Å². The first-order valence-electron chi connectivity index (χ1n) is 9.15. The van der Waals surface area contributed by atoms with Crippen molar-refractivity contribution >= 4 is 33.1 Å². The van der Waals surface area contributed by atoms with E-state index in [9.17, 15) is 18.0 Å². The molecular formula is C21H19F3N2OS. The van der Waals surface area contributed by atoms with Crippen molar-refractivity contribution in [1.29, 1.82) is 0 Å². The van der Waals surface area contributed by atoms with Crippen molar-refractivity contribution in [2.75, 3.05) is 11.9 Å². The van der Waals surface area contributed by atoms with Crippen LogP contribution in [0.25, 0.3) is 10.1 Å². The first-order valence-corrected chi connectivity index (χ1v) is 9.97. The van der Waals surface area contributed by atoms with E-state index in [0.29, 0.717) is 18.7 Å². The molecule has 0 radical (unpaired) electrons. The second-order valence-corrected chi connectivity index (χ2v) is 8.27. The molecular weight excluding hydrogens is 385 g/mol. The Labute approximate surface area is 164 Å². The van der Waals surface area contributed by atoms with Crippen LogP contribution in [0.15, 0.2) is 42.5 Å². The molecule has 3 aromatic rings. The quantitative estimate of drug-likeness (QED) is 0.554. The molecule has 0 spiro atoms. The van der Waals surface area contributed by atoms with E-state index in [1.165, 1.54) is 15.0 Å². The summed E-state index contributed by atoms with van der Waals surface area (Å²) in [5.74, 6) is -3.32. The first-order chi connectivity index (χ1) is 13.5. The molecule has 4 rings (SSSR count). The molecule has 1 heterocycles. The van der Waals surface area contributed by atoms with Gasteiger partial charge in [-0.05, 0) is 30.4 Å². The SMILES string of the molecule is O=C(NCC1(c2cc3ccccc3s2)CCCC1)Nc1c(F)cc(F)cc1F. The van der Waals surface area contributed by atoms with Crippen LogP contribution in [0, 0.1) is 17.5 Å². The van der Waals surface area contributed by atoms with Crippen molar-refractivity contribution < 1.29 is 18.0 Å². The van der Waals surface area contributed by atoms with E-state index in [4.69, 9.17) is 0 Å². The predicted molar refractivity (Wildman–Crippen MR) is 105 cm³/mol. The summed E-state index contributed by atoms with van der Waals surface area (Å²) in [6, 6.07) is 10.7. The monoisotopic (exact) mass is 404 g/mol. The molecule has 0 bridgehead atoms. The van der Waals surface area contributed by atoms with Crippen LogP contribution in [0.5, 0.6) is 0 Å². The van der Waals surface area contributed by atoms with Gasteiger partial charge in [-0.3, -0.25) is 0 Å². The smallest absolute Gasteiger partial charge is 0.319 e. The number of urea groups is 1. The molecule has 1 aliphatic carbocycles. The fourth-order valence-corrected chi connectivity index (χ4v) is 5.18. The van der Waals surface area contributed by atoms with Crippen molar-refractivity contribution in [2.45, 2.75) is 31.1 Å². The molecule has 7 heteroatoms. The Morgan fingerprint density at radius 1 is 1.04 bits per heavy atom. The molecule has 1 fully saturated rings. The van der Waals surface area contributed by atoms with E-state index < -0.39 is 29.2 Å². The molecule has 1 aliphatic rings. The van der Waals surface area contributed by atoms with Gasteiger partial charge in [-0.15, -0.1) is 11.3 Å². The number of carbonyl (C=O) groups excluding carboxylic acids is 1. The molecule has 3 nitrogen and oxygen atoms in total. The highest BCUT2D eigenvalue weighted by Gasteiger charge is 2.37. The number of halogens is 3. The van der Waals surface area contributed by atoms with Crippen LogP contribution in [0.2, 0.25) is 0 Å². The van der Waals surface area contributed by atoms with Gasteiger partial charge in [-0.25, -0.2) is 18.0 Å². The molecule has 0 unspecified atom stereocenters. The van der Waals surface area contributed by atoms with Crippen LogP contribution in [-0.2, 0) is 5.41 Å². The van der Waals surface area contributed by atoms with Crippen molar-refractivity contribution in [3.8, 4) is 0 Å². The number of fused-ring (bicyclic) bond motifs is 1. The minimum atomic E-state index is -1.15. The normalized spacial score (nSPS) is 15.7. The van der Waals surface area contributed by atoms with Crippen molar-refractivity contribution in [3.63, 3.8) is 0 Å². The van der Waals surface area contributed by atoms with Gasteiger partial charge >= 0.3 is 6.03 Å². The van der Waals surface area contributed by atoms with E-state index in [1.807, 2.05) is 12.1 Å². The largest absolute Gasteiger partial charge is 0.337 e. The van der Waals surface area contributed by atoms with Gasteiger partial charge in [0.2, 0.25) is 0 Å². The van der Waals surface area contributed by atoms with Crippen LogP contribution in [0.1, 0.15) is 30.6 Å². The second kappa shape index (κ2) is 7.47. The molecule has 0 saturated heterocycles. The molecule has 1 aromatic heterocycles. The second-order valence-electron chi connectivity index (χ2n) is 7.19. The zero-order valence-corrected chi connectivity index (χ0v) is 15.8. The van der Waals surface area contributed by atoms with Gasteiger partial charge in [0, 0.05) is 33.7 Å². The maximum atomic E-state index is 13.8. The summed E-state index contributed by atoms with van der Waals surface area (Å²) in [6.45, 7) is 0.371. The average Bonchev–Trinajstić information content (AvgIpc) is 3.30. The van der Waals surface area contributed by atoms with Crippen molar-refractivity contribution in [3.05, 3.63) is 64.8 Å². The highest BCUT2D eigenvalue weighted by Crippen LogP contribution is 2.45. The zero-order chi connectivity index (χ0) is 19.7. The third-order valence-electron chi connectivity index (χ3n) is 5.34. The molecule has 146 valence electrons.